The Morgan fingerprint density at radius 1 is 1.05 bits per heavy atom. The van der Waals surface area contributed by atoms with Crippen molar-refractivity contribution < 1.29 is 5.11 Å². The van der Waals surface area contributed by atoms with Gasteiger partial charge in [-0.2, -0.15) is 0 Å². The van der Waals surface area contributed by atoms with Crippen LogP contribution in [0.3, 0.4) is 0 Å². The lowest BCUT2D eigenvalue weighted by molar-refractivity contribution is 0.465. The molecule has 4 rings (SSSR count). The zero-order valence-electron chi connectivity index (χ0n) is 12.1. The molecule has 2 heteroatoms. The molecule has 1 aliphatic heterocycles. The van der Waals surface area contributed by atoms with Crippen molar-refractivity contribution in [3.8, 4) is 5.75 Å². The molecule has 0 spiro atoms. The molecule has 1 heterocycles. The van der Waals surface area contributed by atoms with Crippen LogP contribution in [0.5, 0.6) is 5.75 Å². The van der Waals surface area contributed by atoms with E-state index in [4.69, 9.17) is 0 Å². The molecule has 2 nitrogen and oxygen atoms in total. The van der Waals surface area contributed by atoms with Crippen molar-refractivity contribution in [1.82, 2.24) is 0 Å². The summed E-state index contributed by atoms with van der Waals surface area (Å²) in [5, 5.41) is 14.1. The second kappa shape index (κ2) is 3.78. The van der Waals surface area contributed by atoms with Gasteiger partial charge in [-0.05, 0) is 66.6 Å². The van der Waals surface area contributed by atoms with Gasteiger partial charge in [0.15, 0.2) is 0 Å². The first-order valence-electron chi connectivity index (χ1n) is 7.26. The van der Waals surface area contributed by atoms with E-state index in [1.165, 1.54) is 27.9 Å². The van der Waals surface area contributed by atoms with Gasteiger partial charge in [0.2, 0.25) is 0 Å². The lowest BCUT2D eigenvalue weighted by Gasteiger charge is -2.18. The van der Waals surface area contributed by atoms with Gasteiger partial charge in [-0.3, -0.25) is 0 Å². The van der Waals surface area contributed by atoms with Crippen LogP contribution in [0.1, 0.15) is 39.3 Å². The van der Waals surface area contributed by atoms with Gasteiger partial charge in [-0.1, -0.05) is 18.2 Å². The summed E-state index contributed by atoms with van der Waals surface area (Å²) in [5.41, 5.74) is 8.79. The monoisotopic (exact) mass is 265 g/mol. The fraction of sp³-hybridized carbons (Fsp3) is 0.333. The number of hydrogen-bond donors (Lipinski definition) is 2. The third kappa shape index (κ3) is 1.29. The summed E-state index contributed by atoms with van der Waals surface area (Å²) in [7, 11) is 0. The molecule has 0 fully saturated rings. The maximum atomic E-state index is 10.4. The highest BCUT2D eigenvalue weighted by Gasteiger charge is 2.42. The molecular formula is C18H19NO. The molecule has 1 aliphatic carbocycles. The highest BCUT2D eigenvalue weighted by atomic mass is 16.3. The number of phenols is 1. The Morgan fingerprint density at radius 3 is 2.60 bits per heavy atom. The summed E-state index contributed by atoms with van der Waals surface area (Å²) < 4.78 is 0. The van der Waals surface area contributed by atoms with Gasteiger partial charge in [0.1, 0.15) is 5.75 Å². The molecule has 20 heavy (non-hydrogen) atoms. The number of phenolic OH excluding ortho intramolecular Hbond substituents is 1. The SMILES string of the molecule is Cc1c(C)c2c(c(C)c1O)C1c3ccccc3NC1C2. The van der Waals surface area contributed by atoms with Crippen LogP contribution in [-0.2, 0) is 6.42 Å². The van der Waals surface area contributed by atoms with Gasteiger partial charge < -0.3 is 10.4 Å². The van der Waals surface area contributed by atoms with Gasteiger partial charge in [0, 0.05) is 17.6 Å². The molecule has 0 saturated carbocycles. The average Bonchev–Trinajstić information content (AvgIpc) is 2.98. The van der Waals surface area contributed by atoms with Crippen LogP contribution in [0, 0.1) is 20.8 Å². The van der Waals surface area contributed by atoms with Crippen LogP contribution in [0.4, 0.5) is 5.69 Å². The van der Waals surface area contributed by atoms with Crippen LogP contribution in [-0.4, -0.2) is 11.1 Å². The first-order chi connectivity index (χ1) is 9.59. The van der Waals surface area contributed by atoms with Crippen molar-refractivity contribution in [1.29, 1.82) is 0 Å². The zero-order chi connectivity index (χ0) is 14.0. The molecule has 0 aromatic heterocycles. The minimum absolute atomic E-state index is 0.395. The second-order valence-corrected chi connectivity index (χ2v) is 6.14. The number of fused-ring (bicyclic) bond motifs is 5. The van der Waals surface area contributed by atoms with Gasteiger partial charge in [0.25, 0.3) is 0 Å². The number of aromatic hydroxyl groups is 1. The van der Waals surface area contributed by atoms with Crippen molar-refractivity contribution in [2.24, 2.45) is 0 Å². The highest BCUT2D eigenvalue weighted by Crippen LogP contribution is 2.51. The Kier molecular flexibility index (Phi) is 2.24. The molecule has 0 bridgehead atoms. The van der Waals surface area contributed by atoms with Gasteiger partial charge in [-0.15, -0.1) is 0 Å². The van der Waals surface area contributed by atoms with Gasteiger partial charge in [-0.25, -0.2) is 0 Å². The summed E-state index contributed by atoms with van der Waals surface area (Å²) in [6.45, 7) is 6.22. The van der Waals surface area contributed by atoms with Crippen molar-refractivity contribution in [3.05, 3.63) is 57.6 Å². The summed E-state index contributed by atoms with van der Waals surface area (Å²) in [6, 6.07) is 9.01. The van der Waals surface area contributed by atoms with Crippen molar-refractivity contribution in [3.63, 3.8) is 0 Å². The van der Waals surface area contributed by atoms with Crippen molar-refractivity contribution in [2.75, 3.05) is 5.32 Å². The molecule has 2 unspecified atom stereocenters. The van der Waals surface area contributed by atoms with Gasteiger partial charge >= 0.3 is 0 Å². The number of hydrogen-bond acceptors (Lipinski definition) is 2. The quantitative estimate of drug-likeness (QED) is 0.759. The molecule has 2 aliphatic rings. The van der Waals surface area contributed by atoms with E-state index in [0.29, 0.717) is 17.7 Å². The Morgan fingerprint density at radius 2 is 1.80 bits per heavy atom. The molecule has 2 aromatic rings. The van der Waals surface area contributed by atoms with E-state index in [1.807, 2.05) is 6.92 Å². The van der Waals surface area contributed by atoms with Crippen LogP contribution < -0.4 is 5.32 Å². The van der Waals surface area contributed by atoms with Crippen molar-refractivity contribution in [2.45, 2.75) is 39.2 Å². The van der Waals surface area contributed by atoms with E-state index in [1.54, 1.807) is 0 Å². The number of benzene rings is 2. The Labute approximate surface area is 119 Å². The molecule has 2 atom stereocenters. The second-order valence-electron chi connectivity index (χ2n) is 6.14. The molecule has 0 radical (unpaired) electrons. The van der Waals surface area contributed by atoms with E-state index >= 15 is 0 Å². The van der Waals surface area contributed by atoms with E-state index in [0.717, 1.165) is 17.5 Å². The fourth-order valence-corrected chi connectivity index (χ4v) is 4.07. The molecule has 0 saturated heterocycles. The Bertz CT molecular complexity index is 733. The number of rotatable bonds is 0. The van der Waals surface area contributed by atoms with Gasteiger partial charge in [0.05, 0.1) is 0 Å². The van der Waals surface area contributed by atoms with Crippen LogP contribution in [0.2, 0.25) is 0 Å². The summed E-state index contributed by atoms with van der Waals surface area (Å²) in [4.78, 5) is 0. The smallest absolute Gasteiger partial charge is 0.121 e. The van der Waals surface area contributed by atoms with Crippen LogP contribution in [0.25, 0.3) is 0 Å². The first-order valence-corrected chi connectivity index (χ1v) is 7.26. The standard InChI is InChI=1S/C18H19NO/c1-9-10(2)18(20)11(3)16-13(9)8-15-17(16)12-6-4-5-7-14(12)19-15/h4-7,15,17,19-20H,8H2,1-3H3. The van der Waals surface area contributed by atoms with E-state index < -0.39 is 0 Å². The van der Waals surface area contributed by atoms with Crippen molar-refractivity contribution >= 4 is 5.69 Å². The third-order valence-corrected chi connectivity index (χ3v) is 5.23. The van der Waals surface area contributed by atoms with Crippen LogP contribution in [0.15, 0.2) is 24.3 Å². The summed E-state index contributed by atoms with van der Waals surface area (Å²) >= 11 is 0. The van der Waals surface area contributed by atoms with E-state index in [-0.39, 0.29) is 0 Å². The molecule has 2 aromatic carbocycles. The summed E-state index contributed by atoms with van der Waals surface area (Å²) in [6.07, 6.45) is 1.06. The van der Waals surface area contributed by atoms with E-state index in [9.17, 15) is 5.11 Å². The molecule has 0 amide bonds. The first kappa shape index (κ1) is 11.8. The van der Waals surface area contributed by atoms with Crippen LogP contribution >= 0.6 is 0 Å². The summed E-state index contributed by atoms with van der Waals surface area (Å²) in [5.74, 6) is 0.873. The lowest BCUT2D eigenvalue weighted by atomic mass is 9.87. The Balaban J connectivity index is 2.00. The lowest BCUT2D eigenvalue weighted by Crippen LogP contribution is -2.17. The zero-order valence-corrected chi connectivity index (χ0v) is 12.1. The Hall–Kier alpha value is -1.96. The van der Waals surface area contributed by atoms with E-state index in [2.05, 4.69) is 43.4 Å². The number of para-hydroxylation sites is 1. The maximum absolute atomic E-state index is 10.4. The maximum Gasteiger partial charge on any atom is 0.121 e. The topological polar surface area (TPSA) is 32.3 Å². The number of anilines is 1. The molecular weight excluding hydrogens is 246 g/mol. The normalized spacial score (nSPS) is 22.1. The largest absolute Gasteiger partial charge is 0.507 e. The third-order valence-electron chi connectivity index (χ3n) is 5.23. The minimum Gasteiger partial charge on any atom is -0.507 e. The molecule has 2 N–H and O–H groups in total. The average molecular weight is 265 g/mol. The highest BCUT2D eigenvalue weighted by molar-refractivity contribution is 5.69. The predicted molar refractivity (Wildman–Crippen MR) is 81.7 cm³/mol. The minimum atomic E-state index is 0.395. The molecule has 102 valence electrons. The fourth-order valence-electron chi connectivity index (χ4n) is 4.07. The number of nitrogens with one attached hydrogen (secondary N) is 1. The predicted octanol–water partition coefficient (Wildman–Crippen LogP) is 3.80.